The molecule has 0 spiro atoms. The quantitative estimate of drug-likeness (QED) is 0.167. The molecule has 0 unspecified atom stereocenters. The Balaban J connectivity index is 1.19. The van der Waals surface area contributed by atoms with Gasteiger partial charge in [-0.05, 0) is 120 Å². The fourth-order valence-corrected chi connectivity index (χ4v) is 10.5. The number of nitrogens with zero attached hydrogens (tertiary/aromatic N) is 1. The molecular weight excluding hydrogens is 651 g/mol. The van der Waals surface area contributed by atoms with Crippen molar-refractivity contribution in [2.75, 3.05) is 11.4 Å². The van der Waals surface area contributed by atoms with E-state index in [1.54, 1.807) is 0 Å². The highest BCUT2D eigenvalue weighted by Crippen LogP contribution is 2.53. The number of benzene rings is 8. The molecule has 0 aromatic heterocycles. The molecule has 1 nitrogen and oxygen atoms in total. The molecule has 54 heavy (non-hydrogen) atoms. The van der Waals surface area contributed by atoms with Crippen LogP contribution < -0.4 is 4.90 Å². The third-order valence-corrected chi connectivity index (χ3v) is 13.2. The van der Waals surface area contributed by atoms with Gasteiger partial charge >= 0.3 is 0 Å². The molecule has 0 fully saturated rings. The summed E-state index contributed by atoms with van der Waals surface area (Å²) < 4.78 is 0. The van der Waals surface area contributed by atoms with Gasteiger partial charge in [-0.15, -0.1) is 0 Å². The molecule has 0 bridgehead atoms. The van der Waals surface area contributed by atoms with Gasteiger partial charge < -0.3 is 4.90 Å². The van der Waals surface area contributed by atoms with Crippen LogP contribution in [0, 0.1) is 0 Å². The Morgan fingerprint density at radius 2 is 1.00 bits per heavy atom. The zero-order chi connectivity index (χ0) is 36.3. The van der Waals surface area contributed by atoms with Crippen molar-refractivity contribution in [1.82, 2.24) is 0 Å². The molecular formula is C53H43N. The van der Waals surface area contributed by atoms with Gasteiger partial charge in [-0.3, -0.25) is 0 Å². The number of hydrogen-bond donors (Lipinski definition) is 0. The minimum Gasteiger partial charge on any atom is -0.340 e. The lowest BCUT2D eigenvalue weighted by Crippen LogP contribution is -2.25. The van der Waals surface area contributed by atoms with E-state index < -0.39 is 0 Å². The normalized spacial score (nSPS) is 15.8. The highest BCUT2D eigenvalue weighted by Gasteiger charge is 2.37. The lowest BCUT2D eigenvalue weighted by Gasteiger charge is -2.34. The summed E-state index contributed by atoms with van der Waals surface area (Å²) in [6, 6.07) is 57.9. The Labute approximate surface area is 318 Å². The average molecular weight is 694 g/mol. The van der Waals surface area contributed by atoms with Crippen molar-refractivity contribution < 1.29 is 0 Å². The lowest BCUT2D eigenvalue weighted by atomic mass is 9.81. The van der Waals surface area contributed by atoms with Gasteiger partial charge in [0.05, 0.1) is 5.69 Å². The Morgan fingerprint density at radius 3 is 1.81 bits per heavy atom. The summed E-state index contributed by atoms with van der Waals surface area (Å²) in [4.78, 5) is 2.61. The second kappa shape index (κ2) is 11.3. The molecule has 1 heteroatoms. The molecule has 0 saturated carbocycles. The third kappa shape index (κ3) is 4.33. The van der Waals surface area contributed by atoms with Crippen molar-refractivity contribution in [1.29, 1.82) is 0 Å². The third-order valence-electron chi connectivity index (χ3n) is 13.2. The van der Waals surface area contributed by atoms with Gasteiger partial charge in [0.25, 0.3) is 0 Å². The summed E-state index contributed by atoms with van der Waals surface area (Å²) in [5.41, 5.74) is 20.2. The number of para-hydroxylation sites is 1. The van der Waals surface area contributed by atoms with E-state index in [4.69, 9.17) is 0 Å². The molecule has 0 N–H and O–H groups in total. The first kappa shape index (κ1) is 31.6. The van der Waals surface area contributed by atoms with E-state index >= 15 is 0 Å². The Morgan fingerprint density at radius 1 is 0.426 bits per heavy atom. The van der Waals surface area contributed by atoms with Crippen LogP contribution >= 0.6 is 0 Å². The molecule has 11 rings (SSSR count). The summed E-state index contributed by atoms with van der Waals surface area (Å²) in [6.45, 7) is 10.5. The SMILES string of the molecule is CC1(C)c2ccccc2-c2cc(-c3c4ccccc4c(N4CCCc5ccccc54)c4ccc(-c5ccc6c(c5)C(C)(C)c5ccccc5-6)cc34)ccc21. The van der Waals surface area contributed by atoms with Gasteiger partial charge in [0.15, 0.2) is 0 Å². The number of hydrogen-bond acceptors (Lipinski definition) is 1. The van der Waals surface area contributed by atoms with Crippen molar-refractivity contribution in [3.05, 3.63) is 179 Å². The molecule has 0 amide bonds. The average Bonchev–Trinajstić information content (AvgIpc) is 3.58. The highest BCUT2D eigenvalue weighted by atomic mass is 15.1. The Bertz CT molecular complexity index is 2870. The van der Waals surface area contributed by atoms with Gasteiger partial charge in [0.1, 0.15) is 0 Å². The van der Waals surface area contributed by atoms with Crippen LogP contribution in [0.1, 0.15) is 61.9 Å². The van der Waals surface area contributed by atoms with Gasteiger partial charge in [-0.2, -0.15) is 0 Å². The van der Waals surface area contributed by atoms with E-state index in [0.29, 0.717) is 0 Å². The maximum atomic E-state index is 2.61. The van der Waals surface area contributed by atoms with Crippen molar-refractivity contribution in [3.8, 4) is 44.5 Å². The zero-order valence-electron chi connectivity index (χ0n) is 31.5. The van der Waals surface area contributed by atoms with E-state index in [0.717, 1.165) is 19.4 Å². The van der Waals surface area contributed by atoms with Gasteiger partial charge in [-0.1, -0.05) is 155 Å². The topological polar surface area (TPSA) is 3.24 Å². The summed E-state index contributed by atoms with van der Waals surface area (Å²) in [5.74, 6) is 0. The molecule has 3 aliphatic rings. The van der Waals surface area contributed by atoms with Crippen LogP contribution in [-0.2, 0) is 17.3 Å². The van der Waals surface area contributed by atoms with Crippen LogP contribution in [0.15, 0.2) is 152 Å². The maximum Gasteiger partial charge on any atom is 0.0570 e. The van der Waals surface area contributed by atoms with Gasteiger partial charge in [0, 0.05) is 33.8 Å². The summed E-state index contributed by atoms with van der Waals surface area (Å²) in [6.07, 6.45) is 2.26. The summed E-state index contributed by atoms with van der Waals surface area (Å²) >= 11 is 0. The predicted molar refractivity (Wildman–Crippen MR) is 229 cm³/mol. The molecule has 1 heterocycles. The fraction of sp³-hybridized carbons (Fsp3) is 0.170. The number of anilines is 2. The molecule has 0 atom stereocenters. The van der Waals surface area contributed by atoms with Crippen molar-refractivity contribution in [2.45, 2.75) is 51.4 Å². The predicted octanol–water partition coefficient (Wildman–Crippen LogP) is 14.0. The van der Waals surface area contributed by atoms with E-state index in [9.17, 15) is 0 Å². The fourth-order valence-electron chi connectivity index (χ4n) is 10.5. The maximum absolute atomic E-state index is 2.61. The molecule has 1 aliphatic heterocycles. The van der Waals surface area contributed by atoms with Gasteiger partial charge in [0.2, 0.25) is 0 Å². The monoisotopic (exact) mass is 693 g/mol. The van der Waals surface area contributed by atoms with E-state index in [1.807, 2.05) is 0 Å². The Hall–Kier alpha value is -5.92. The largest absolute Gasteiger partial charge is 0.340 e. The molecule has 0 radical (unpaired) electrons. The minimum absolute atomic E-state index is 0.0335. The summed E-state index contributed by atoms with van der Waals surface area (Å²) in [7, 11) is 0. The number of fused-ring (bicyclic) bond motifs is 9. The minimum atomic E-state index is -0.0521. The molecule has 2 aliphatic carbocycles. The van der Waals surface area contributed by atoms with Crippen LogP contribution in [-0.4, -0.2) is 6.54 Å². The highest BCUT2D eigenvalue weighted by molar-refractivity contribution is 6.22. The van der Waals surface area contributed by atoms with E-state index in [2.05, 4.69) is 184 Å². The van der Waals surface area contributed by atoms with Crippen molar-refractivity contribution >= 4 is 32.9 Å². The van der Waals surface area contributed by atoms with E-state index in [1.165, 1.54) is 105 Å². The molecule has 8 aromatic rings. The first-order valence-corrected chi connectivity index (χ1v) is 19.6. The zero-order valence-corrected chi connectivity index (χ0v) is 31.5. The standard InChI is InChI=1S/C53H43N/c1-52(2)46-21-11-9-17-38(46)43-31-36(25-28-47(43)52)50-40-18-6-7-19-41(40)51(54-29-13-15-33-14-5-12-22-49(33)54)42-27-24-34(30-44(42)50)35-23-26-39-37-16-8-10-20-45(37)53(3,4)48(39)32-35/h5-12,14,16-28,30-32H,13,15,29H2,1-4H3. The smallest absolute Gasteiger partial charge is 0.0570 e. The van der Waals surface area contributed by atoms with Crippen LogP contribution in [0.3, 0.4) is 0 Å². The number of rotatable bonds is 3. The van der Waals surface area contributed by atoms with Crippen LogP contribution in [0.25, 0.3) is 66.1 Å². The molecule has 0 saturated heterocycles. The van der Waals surface area contributed by atoms with Crippen LogP contribution in [0.2, 0.25) is 0 Å². The molecule has 8 aromatic carbocycles. The van der Waals surface area contributed by atoms with Gasteiger partial charge in [-0.25, -0.2) is 0 Å². The second-order valence-corrected chi connectivity index (χ2v) is 16.8. The second-order valence-electron chi connectivity index (χ2n) is 16.8. The first-order valence-electron chi connectivity index (χ1n) is 19.6. The Kier molecular flexibility index (Phi) is 6.61. The number of aryl methyl sites for hydroxylation is 1. The van der Waals surface area contributed by atoms with Crippen LogP contribution in [0.4, 0.5) is 11.4 Å². The van der Waals surface area contributed by atoms with Crippen molar-refractivity contribution in [2.24, 2.45) is 0 Å². The first-order chi connectivity index (χ1) is 26.3. The van der Waals surface area contributed by atoms with E-state index in [-0.39, 0.29) is 10.8 Å². The molecule has 260 valence electrons. The lowest BCUT2D eigenvalue weighted by molar-refractivity contribution is 0.660. The van der Waals surface area contributed by atoms with Crippen LogP contribution in [0.5, 0.6) is 0 Å². The summed E-state index contributed by atoms with van der Waals surface area (Å²) in [5, 5.41) is 5.22. The van der Waals surface area contributed by atoms with Crippen molar-refractivity contribution in [3.63, 3.8) is 0 Å².